The maximum Gasteiger partial charge on any atom is 0.248 e. The van der Waals surface area contributed by atoms with Gasteiger partial charge in [-0.1, -0.05) is 23.7 Å². The van der Waals surface area contributed by atoms with Gasteiger partial charge in [-0.3, -0.25) is 4.79 Å². The molecule has 5 heteroatoms. The molecule has 1 fully saturated rings. The zero-order valence-electron chi connectivity index (χ0n) is 11.5. The van der Waals surface area contributed by atoms with E-state index >= 15 is 0 Å². The highest BCUT2D eigenvalue weighted by molar-refractivity contribution is 6.30. The Kier molecular flexibility index (Phi) is 3.80. The van der Waals surface area contributed by atoms with Crippen molar-refractivity contribution in [2.45, 2.75) is 18.9 Å². The van der Waals surface area contributed by atoms with Gasteiger partial charge in [-0.25, -0.2) is 4.98 Å². The van der Waals surface area contributed by atoms with Crippen LogP contribution in [0.1, 0.15) is 34.8 Å². The van der Waals surface area contributed by atoms with Gasteiger partial charge in [-0.05, 0) is 42.7 Å². The molecule has 21 heavy (non-hydrogen) atoms. The van der Waals surface area contributed by atoms with E-state index in [4.69, 9.17) is 17.3 Å². The van der Waals surface area contributed by atoms with Crippen LogP contribution in [0.4, 0.5) is 5.82 Å². The minimum Gasteiger partial charge on any atom is -0.366 e. The molecule has 0 aliphatic carbocycles. The molecule has 1 unspecified atom stereocenters. The molecule has 0 spiro atoms. The van der Waals surface area contributed by atoms with Crippen molar-refractivity contribution < 1.29 is 4.79 Å². The third-order valence-electron chi connectivity index (χ3n) is 3.83. The van der Waals surface area contributed by atoms with Crippen molar-refractivity contribution in [1.82, 2.24) is 4.98 Å². The minimum atomic E-state index is -0.430. The van der Waals surface area contributed by atoms with E-state index in [1.54, 1.807) is 18.3 Å². The molecule has 0 bridgehead atoms. The van der Waals surface area contributed by atoms with Gasteiger partial charge in [0.1, 0.15) is 5.82 Å². The predicted octanol–water partition coefficient (Wildman–Crippen LogP) is 3.18. The Labute approximate surface area is 128 Å². The lowest BCUT2D eigenvalue weighted by molar-refractivity contribution is 0.1000. The molecule has 108 valence electrons. The summed E-state index contributed by atoms with van der Waals surface area (Å²) in [6, 6.07) is 11.6. The van der Waals surface area contributed by atoms with Gasteiger partial charge >= 0.3 is 0 Å². The number of hydrogen-bond acceptors (Lipinski definition) is 3. The van der Waals surface area contributed by atoms with Gasteiger partial charge in [0.15, 0.2) is 0 Å². The number of carbonyl (C=O) groups excluding carboxylic acids is 1. The molecule has 1 aliphatic rings. The van der Waals surface area contributed by atoms with Gasteiger partial charge < -0.3 is 10.6 Å². The second-order valence-electron chi connectivity index (χ2n) is 5.17. The van der Waals surface area contributed by atoms with E-state index in [9.17, 15) is 4.79 Å². The molecule has 1 aromatic heterocycles. The number of anilines is 1. The molecule has 1 aromatic carbocycles. The zero-order valence-corrected chi connectivity index (χ0v) is 12.3. The third kappa shape index (κ3) is 2.85. The fourth-order valence-corrected chi connectivity index (χ4v) is 2.93. The average Bonchev–Trinajstić information content (AvgIpc) is 2.97. The lowest BCUT2D eigenvalue weighted by Crippen LogP contribution is -2.24. The van der Waals surface area contributed by atoms with E-state index in [0.717, 1.165) is 30.2 Å². The van der Waals surface area contributed by atoms with E-state index in [2.05, 4.69) is 9.88 Å². The van der Waals surface area contributed by atoms with E-state index in [0.29, 0.717) is 5.56 Å². The van der Waals surface area contributed by atoms with Gasteiger partial charge in [0.2, 0.25) is 5.91 Å². The monoisotopic (exact) mass is 301 g/mol. The van der Waals surface area contributed by atoms with Crippen LogP contribution in [-0.2, 0) is 0 Å². The molecule has 1 amide bonds. The van der Waals surface area contributed by atoms with Crippen LogP contribution < -0.4 is 10.6 Å². The molecule has 2 aromatic rings. The van der Waals surface area contributed by atoms with Crippen molar-refractivity contribution >= 4 is 23.3 Å². The zero-order chi connectivity index (χ0) is 14.8. The largest absolute Gasteiger partial charge is 0.366 e. The second-order valence-corrected chi connectivity index (χ2v) is 5.61. The summed E-state index contributed by atoms with van der Waals surface area (Å²) in [4.78, 5) is 17.9. The van der Waals surface area contributed by atoms with E-state index in [-0.39, 0.29) is 6.04 Å². The third-order valence-corrected chi connectivity index (χ3v) is 4.08. The highest BCUT2D eigenvalue weighted by atomic mass is 35.5. The molecule has 0 radical (unpaired) electrons. The van der Waals surface area contributed by atoms with Crippen molar-refractivity contribution in [2.24, 2.45) is 5.73 Å². The molecule has 2 heterocycles. The number of amides is 1. The lowest BCUT2D eigenvalue weighted by Gasteiger charge is -2.26. The number of aromatic nitrogens is 1. The van der Waals surface area contributed by atoms with Crippen LogP contribution >= 0.6 is 11.6 Å². The van der Waals surface area contributed by atoms with Gasteiger partial charge in [0.05, 0.1) is 6.04 Å². The summed E-state index contributed by atoms with van der Waals surface area (Å²) < 4.78 is 0. The van der Waals surface area contributed by atoms with Crippen molar-refractivity contribution in [3.63, 3.8) is 0 Å². The maximum atomic E-state index is 11.3. The Hall–Kier alpha value is -2.07. The fraction of sp³-hybridized carbons (Fsp3) is 0.250. The molecule has 0 saturated carbocycles. The highest BCUT2D eigenvalue weighted by Crippen LogP contribution is 2.35. The number of halogens is 1. The molecule has 1 atom stereocenters. The van der Waals surface area contributed by atoms with Crippen LogP contribution in [0.25, 0.3) is 0 Å². The first-order valence-corrected chi connectivity index (χ1v) is 7.31. The Bertz CT molecular complexity index is 657. The highest BCUT2D eigenvalue weighted by Gasteiger charge is 2.27. The summed E-state index contributed by atoms with van der Waals surface area (Å²) in [5, 5.41) is 0.733. The molecule has 2 N–H and O–H groups in total. The molecule has 1 aliphatic heterocycles. The van der Waals surface area contributed by atoms with Gasteiger partial charge in [-0.15, -0.1) is 0 Å². The van der Waals surface area contributed by atoms with Crippen LogP contribution in [0.15, 0.2) is 42.6 Å². The number of nitrogens with two attached hydrogens (primary N) is 1. The number of primary amides is 1. The quantitative estimate of drug-likeness (QED) is 0.947. The summed E-state index contributed by atoms with van der Waals surface area (Å²) in [7, 11) is 0. The molecule has 4 nitrogen and oxygen atoms in total. The summed E-state index contributed by atoms with van der Waals surface area (Å²) >= 11 is 5.95. The normalized spacial score (nSPS) is 18.0. The molecular formula is C16H16ClN3O. The summed E-state index contributed by atoms with van der Waals surface area (Å²) in [6.07, 6.45) is 3.78. The second kappa shape index (κ2) is 5.74. The van der Waals surface area contributed by atoms with Gasteiger partial charge in [0, 0.05) is 23.3 Å². The van der Waals surface area contributed by atoms with Crippen molar-refractivity contribution in [1.29, 1.82) is 0 Å². The van der Waals surface area contributed by atoms with Crippen LogP contribution in [0.2, 0.25) is 5.02 Å². The van der Waals surface area contributed by atoms with Gasteiger partial charge in [0.25, 0.3) is 0 Å². The first-order chi connectivity index (χ1) is 10.1. The number of benzene rings is 1. The Balaban J connectivity index is 1.92. The van der Waals surface area contributed by atoms with E-state index in [1.165, 1.54) is 5.56 Å². The Morgan fingerprint density at radius 3 is 2.76 bits per heavy atom. The van der Waals surface area contributed by atoms with Crippen LogP contribution in [0.3, 0.4) is 0 Å². The first kappa shape index (κ1) is 13.9. The molecule has 1 saturated heterocycles. The Morgan fingerprint density at radius 1 is 1.29 bits per heavy atom. The standard InChI is InChI=1S/C16H16ClN3O/c17-13-5-3-11(4-6-13)14-2-1-9-20(14)15-10-12(16(18)21)7-8-19-15/h3-8,10,14H,1-2,9H2,(H2,18,21). The lowest BCUT2D eigenvalue weighted by atomic mass is 10.0. The predicted molar refractivity (Wildman–Crippen MR) is 83.5 cm³/mol. The smallest absolute Gasteiger partial charge is 0.248 e. The first-order valence-electron chi connectivity index (χ1n) is 6.93. The van der Waals surface area contributed by atoms with Crippen LogP contribution in [0.5, 0.6) is 0 Å². The summed E-state index contributed by atoms with van der Waals surface area (Å²) in [5.41, 5.74) is 7.04. The summed E-state index contributed by atoms with van der Waals surface area (Å²) in [6.45, 7) is 0.919. The summed E-state index contributed by atoms with van der Waals surface area (Å²) in [5.74, 6) is 0.365. The molecular weight excluding hydrogens is 286 g/mol. The number of pyridine rings is 1. The van der Waals surface area contributed by atoms with Crippen LogP contribution in [-0.4, -0.2) is 17.4 Å². The molecule has 3 rings (SSSR count). The number of rotatable bonds is 3. The number of carbonyl (C=O) groups is 1. The van der Waals surface area contributed by atoms with Gasteiger partial charge in [-0.2, -0.15) is 0 Å². The maximum absolute atomic E-state index is 11.3. The van der Waals surface area contributed by atoms with Crippen molar-refractivity contribution in [2.75, 3.05) is 11.4 Å². The topological polar surface area (TPSA) is 59.2 Å². The fourth-order valence-electron chi connectivity index (χ4n) is 2.80. The van der Waals surface area contributed by atoms with E-state index in [1.807, 2.05) is 24.3 Å². The number of nitrogens with zero attached hydrogens (tertiary/aromatic N) is 2. The minimum absolute atomic E-state index is 0.262. The van der Waals surface area contributed by atoms with Crippen molar-refractivity contribution in [3.8, 4) is 0 Å². The number of hydrogen-bond donors (Lipinski definition) is 1. The SMILES string of the molecule is NC(=O)c1ccnc(N2CCCC2c2ccc(Cl)cc2)c1. The van der Waals surface area contributed by atoms with E-state index < -0.39 is 5.91 Å². The van der Waals surface area contributed by atoms with Crippen molar-refractivity contribution in [3.05, 3.63) is 58.7 Å². The van der Waals surface area contributed by atoms with Crippen LogP contribution in [0, 0.1) is 0 Å². The average molecular weight is 302 g/mol. The Morgan fingerprint density at radius 2 is 2.05 bits per heavy atom.